The topological polar surface area (TPSA) is 62.1 Å². The Morgan fingerprint density at radius 3 is 2.69 bits per heavy atom. The zero-order valence-electron chi connectivity index (χ0n) is 7.59. The van der Waals surface area contributed by atoms with Crippen LogP contribution in [0.2, 0.25) is 0 Å². The third-order valence-electron chi connectivity index (χ3n) is 3.06. The lowest BCUT2D eigenvalue weighted by molar-refractivity contribution is -0.254. The van der Waals surface area contributed by atoms with Crippen molar-refractivity contribution >= 4 is 6.09 Å². The molecule has 0 aromatic rings. The molecular weight excluding hydrogens is 168 g/mol. The number of amides is 1. The number of rotatable bonds is 2. The summed E-state index contributed by atoms with van der Waals surface area (Å²) in [7, 11) is 1.55. The minimum Gasteiger partial charge on any atom is -0.443 e. The van der Waals surface area contributed by atoms with E-state index in [9.17, 15) is 4.79 Å². The van der Waals surface area contributed by atoms with Crippen LogP contribution in [0, 0.1) is 16.7 Å². The Kier molecular flexibility index (Phi) is 1.53. The SMILES string of the molecule is CNC(=O)OC12CC(CC#N)(C1)C2. The lowest BCUT2D eigenvalue weighted by Crippen LogP contribution is -2.69. The van der Waals surface area contributed by atoms with E-state index >= 15 is 0 Å². The van der Waals surface area contributed by atoms with Crippen LogP contribution in [0.1, 0.15) is 25.7 Å². The second-order valence-electron chi connectivity index (χ2n) is 4.19. The van der Waals surface area contributed by atoms with Crippen LogP contribution in [0.5, 0.6) is 0 Å². The van der Waals surface area contributed by atoms with Crippen molar-refractivity contribution in [2.45, 2.75) is 31.3 Å². The van der Waals surface area contributed by atoms with Crippen LogP contribution < -0.4 is 5.32 Å². The lowest BCUT2D eigenvalue weighted by atomic mass is 9.40. The first-order valence-corrected chi connectivity index (χ1v) is 4.41. The molecule has 0 heterocycles. The third-order valence-corrected chi connectivity index (χ3v) is 3.06. The molecule has 3 saturated carbocycles. The highest BCUT2D eigenvalue weighted by Crippen LogP contribution is 2.70. The summed E-state index contributed by atoms with van der Waals surface area (Å²) in [6.07, 6.45) is 2.87. The molecule has 4 heteroatoms. The van der Waals surface area contributed by atoms with Gasteiger partial charge in [0.2, 0.25) is 0 Å². The van der Waals surface area contributed by atoms with E-state index in [1.165, 1.54) is 0 Å². The first-order chi connectivity index (χ1) is 6.14. The van der Waals surface area contributed by atoms with Crippen molar-refractivity contribution in [2.75, 3.05) is 7.05 Å². The number of nitriles is 1. The number of hydrogen-bond acceptors (Lipinski definition) is 3. The predicted octanol–water partition coefficient (Wildman–Crippen LogP) is 1.18. The molecule has 13 heavy (non-hydrogen) atoms. The number of carbonyl (C=O) groups is 1. The third kappa shape index (κ3) is 1.07. The molecule has 0 aromatic carbocycles. The minimum absolute atomic E-state index is 0.197. The Balaban J connectivity index is 1.84. The molecule has 4 nitrogen and oxygen atoms in total. The van der Waals surface area contributed by atoms with E-state index in [2.05, 4.69) is 11.4 Å². The predicted molar refractivity (Wildman–Crippen MR) is 44.8 cm³/mol. The van der Waals surface area contributed by atoms with Crippen LogP contribution in [0.4, 0.5) is 4.79 Å². The van der Waals surface area contributed by atoms with E-state index in [-0.39, 0.29) is 17.1 Å². The Labute approximate surface area is 76.9 Å². The van der Waals surface area contributed by atoms with E-state index in [0.717, 1.165) is 19.3 Å². The summed E-state index contributed by atoms with van der Waals surface area (Å²) in [5.74, 6) is 0. The van der Waals surface area contributed by atoms with Crippen LogP contribution in [-0.4, -0.2) is 18.7 Å². The zero-order chi connectivity index (χ0) is 9.53. The Morgan fingerprint density at radius 1 is 1.62 bits per heavy atom. The van der Waals surface area contributed by atoms with E-state index in [4.69, 9.17) is 10.00 Å². The maximum absolute atomic E-state index is 10.9. The first-order valence-electron chi connectivity index (χ1n) is 4.41. The molecule has 3 rings (SSSR count). The molecule has 0 atom stereocenters. The van der Waals surface area contributed by atoms with Crippen molar-refractivity contribution in [1.29, 1.82) is 5.26 Å². The molecule has 1 amide bonds. The fourth-order valence-electron chi connectivity index (χ4n) is 2.61. The molecule has 1 N–H and O–H groups in total. The second kappa shape index (κ2) is 2.38. The van der Waals surface area contributed by atoms with Crippen molar-refractivity contribution in [2.24, 2.45) is 5.41 Å². The fraction of sp³-hybridized carbons (Fsp3) is 0.778. The Bertz CT molecular complexity index is 273. The molecule has 0 unspecified atom stereocenters. The van der Waals surface area contributed by atoms with Crippen LogP contribution >= 0.6 is 0 Å². The van der Waals surface area contributed by atoms with Gasteiger partial charge in [0.25, 0.3) is 0 Å². The second-order valence-corrected chi connectivity index (χ2v) is 4.19. The van der Waals surface area contributed by atoms with Gasteiger partial charge in [0.1, 0.15) is 5.60 Å². The molecule has 0 saturated heterocycles. The van der Waals surface area contributed by atoms with Gasteiger partial charge < -0.3 is 10.1 Å². The molecule has 3 aliphatic carbocycles. The largest absolute Gasteiger partial charge is 0.443 e. The fourth-order valence-corrected chi connectivity index (χ4v) is 2.61. The number of hydrogen-bond donors (Lipinski definition) is 1. The minimum atomic E-state index is -0.356. The quantitative estimate of drug-likeness (QED) is 0.694. The van der Waals surface area contributed by atoms with Gasteiger partial charge in [-0.05, 0) is 24.7 Å². The lowest BCUT2D eigenvalue weighted by Gasteiger charge is -2.68. The molecule has 3 fully saturated rings. The van der Waals surface area contributed by atoms with Crippen LogP contribution in [0.15, 0.2) is 0 Å². The van der Waals surface area contributed by atoms with Gasteiger partial charge in [-0.2, -0.15) is 5.26 Å². The molecule has 0 spiro atoms. The smallest absolute Gasteiger partial charge is 0.407 e. The average molecular weight is 180 g/mol. The van der Waals surface area contributed by atoms with Gasteiger partial charge >= 0.3 is 6.09 Å². The molecular formula is C9H12N2O2. The van der Waals surface area contributed by atoms with E-state index in [0.29, 0.717) is 6.42 Å². The maximum atomic E-state index is 10.9. The van der Waals surface area contributed by atoms with Gasteiger partial charge in [0.05, 0.1) is 6.07 Å². The van der Waals surface area contributed by atoms with Crippen molar-refractivity contribution < 1.29 is 9.53 Å². The highest BCUT2D eigenvalue weighted by Gasteiger charge is 2.70. The van der Waals surface area contributed by atoms with Crippen molar-refractivity contribution in [3.63, 3.8) is 0 Å². The summed E-state index contributed by atoms with van der Waals surface area (Å²) in [6.45, 7) is 0. The Morgan fingerprint density at radius 2 is 2.23 bits per heavy atom. The number of alkyl carbamates (subject to hydrolysis) is 1. The van der Waals surface area contributed by atoms with Crippen molar-refractivity contribution in [3.05, 3.63) is 0 Å². The Hall–Kier alpha value is -1.24. The van der Waals surface area contributed by atoms with Gasteiger partial charge in [-0.3, -0.25) is 0 Å². The van der Waals surface area contributed by atoms with E-state index in [1.54, 1.807) is 7.05 Å². The first kappa shape index (κ1) is 8.36. The van der Waals surface area contributed by atoms with Crippen molar-refractivity contribution in [3.8, 4) is 6.07 Å². The maximum Gasteiger partial charge on any atom is 0.407 e. The summed E-state index contributed by atoms with van der Waals surface area (Å²) in [5.41, 5.74) is -0.0142. The molecule has 0 radical (unpaired) electrons. The summed E-state index contributed by atoms with van der Waals surface area (Å²) >= 11 is 0. The van der Waals surface area contributed by atoms with Crippen LogP contribution in [0.25, 0.3) is 0 Å². The van der Waals surface area contributed by atoms with E-state index < -0.39 is 0 Å². The molecule has 0 aliphatic heterocycles. The summed E-state index contributed by atoms with van der Waals surface area (Å²) in [5, 5.41) is 11.0. The van der Waals surface area contributed by atoms with Gasteiger partial charge in [0, 0.05) is 13.5 Å². The van der Waals surface area contributed by atoms with Gasteiger partial charge in [-0.1, -0.05) is 0 Å². The summed E-state index contributed by atoms with van der Waals surface area (Å²) in [6, 6.07) is 2.18. The van der Waals surface area contributed by atoms with Crippen LogP contribution in [-0.2, 0) is 4.74 Å². The van der Waals surface area contributed by atoms with E-state index in [1.807, 2.05) is 0 Å². The number of ether oxygens (including phenoxy) is 1. The zero-order valence-corrected chi connectivity index (χ0v) is 7.59. The van der Waals surface area contributed by atoms with Gasteiger partial charge in [-0.25, -0.2) is 4.79 Å². The molecule has 70 valence electrons. The monoisotopic (exact) mass is 180 g/mol. The highest BCUT2D eigenvalue weighted by molar-refractivity contribution is 5.67. The standard InChI is InChI=1S/C9H12N2O2/c1-11-7(12)13-9-4-8(5-9,6-9)2-3-10/h2,4-6H2,1H3,(H,11,12). The highest BCUT2D eigenvalue weighted by atomic mass is 16.6. The van der Waals surface area contributed by atoms with Crippen LogP contribution in [0.3, 0.4) is 0 Å². The normalized spacial score (nSPS) is 39.4. The summed E-state index contributed by atoms with van der Waals surface area (Å²) in [4.78, 5) is 10.9. The number of nitrogens with zero attached hydrogens (tertiary/aromatic N) is 1. The average Bonchev–Trinajstić information content (AvgIpc) is 1.98. The number of nitrogens with one attached hydrogen (secondary N) is 1. The molecule has 3 aliphatic rings. The summed E-state index contributed by atoms with van der Waals surface area (Å²) < 4.78 is 5.20. The van der Waals surface area contributed by atoms with Crippen molar-refractivity contribution in [1.82, 2.24) is 5.32 Å². The van der Waals surface area contributed by atoms with Gasteiger partial charge in [-0.15, -0.1) is 0 Å². The molecule has 0 aromatic heterocycles. The number of carbonyl (C=O) groups excluding carboxylic acids is 1. The molecule has 2 bridgehead atoms. The van der Waals surface area contributed by atoms with Gasteiger partial charge in [0.15, 0.2) is 0 Å².